The maximum atomic E-state index is 11.4. The van der Waals surface area contributed by atoms with Crippen LogP contribution < -0.4 is 10.6 Å². The number of nitrogens with zero attached hydrogens (tertiary/aromatic N) is 1. The van der Waals surface area contributed by atoms with E-state index in [0.717, 1.165) is 18.8 Å². The molecule has 0 aromatic rings. The first kappa shape index (κ1) is 19.7. The summed E-state index contributed by atoms with van der Waals surface area (Å²) in [5.41, 5.74) is 0.341. The van der Waals surface area contributed by atoms with Crippen molar-refractivity contribution in [3.05, 3.63) is 0 Å². The number of hydrogen-bond acceptors (Lipinski definition) is 3. The van der Waals surface area contributed by atoms with Crippen LogP contribution in [0.15, 0.2) is 4.99 Å². The maximum absolute atomic E-state index is 11.4. The molecule has 0 fully saturated rings. The molecule has 0 aliphatic heterocycles. The Kier molecular flexibility index (Phi) is 9.06. The molecular weight excluding hydrogens is 266 g/mol. The van der Waals surface area contributed by atoms with Gasteiger partial charge in [0.25, 0.3) is 0 Å². The van der Waals surface area contributed by atoms with Crippen LogP contribution in [-0.4, -0.2) is 37.7 Å². The summed E-state index contributed by atoms with van der Waals surface area (Å²) in [5, 5.41) is 6.48. The lowest BCUT2D eigenvalue weighted by Gasteiger charge is -2.23. The van der Waals surface area contributed by atoms with Crippen LogP contribution in [0.2, 0.25) is 0 Å². The Hall–Kier alpha value is -1.26. The Labute approximate surface area is 129 Å². The number of carbonyl (C=O) groups is 1. The van der Waals surface area contributed by atoms with E-state index in [0.29, 0.717) is 24.4 Å². The van der Waals surface area contributed by atoms with E-state index in [9.17, 15) is 4.79 Å². The third-order valence-electron chi connectivity index (χ3n) is 2.92. The molecule has 0 saturated carbocycles. The predicted molar refractivity (Wildman–Crippen MR) is 88.5 cm³/mol. The molecule has 0 aliphatic carbocycles. The molecule has 0 heterocycles. The van der Waals surface area contributed by atoms with Gasteiger partial charge in [0.05, 0.1) is 12.5 Å². The van der Waals surface area contributed by atoms with E-state index in [1.807, 2.05) is 13.8 Å². The Balaban J connectivity index is 3.99. The van der Waals surface area contributed by atoms with Gasteiger partial charge in [0.2, 0.25) is 0 Å². The third kappa shape index (κ3) is 12.2. The van der Waals surface area contributed by atoms with Gasteiger partial charge in [-0.05, 0) is 39.0 Å². The highest BCUT2D eigenvalue weighted by molar-refractivity contribution is 5.80. The number of carbonyl (C=O) groups excluding carboxylic acids is 1. The van der Waals surface area contributed by atoms with Crippen molar-refractivity contribution in [1.82, 2.24) is 10.6 Å². The fourth-order valence-corrected chi connectivity index (χ4v) is 1.75. The SMILES string of the molecule is CN=C(NCCC(=O)OC(C)C)NC(C)CCC(C)(C)C. The van der Waals surface area contributed by atoms with E-state index in [1.54, 1.807) is 7.05 Å². The molecular formula is C16H33N3O2. The molecule has 2 N–H and O–H groups in total. The molecule has 0 spiro atoms. The summed E-state index contributed by atoms with van der Waals surface area (Å²) in [6.07, 6.45) is 2.51. The van der Waals surface area contributed by atoms with E-state index in [2.05, 4.69) is 43.3 Å². The molecule has 1 atom stereocenters. The molecule has 5 heteroatoms. The zero-order chi connectivity index (χ0) is 16.5. The second kappa shape index (κ2) is 9.64. The topological polar surface area (TPSA) is 62.7 Å². The average Bonchev–Trinajstić information content (AvgIpc) is 2.33. The molecule has 21 heavy (non-hydrogen) atoms. The van der Waals surface area contributed by atoms with Crippen molar-refractivity contribution in [2.45, 2.75) is 73.0 Å². The minimum Gasteiger partial charge on any atom is -0.463 e. The molecule has 0 bridgehead atoms. The molecule has 1 unspecified atom stereocenters. The molecule has 0 aromatic heterocycles. The number of hydrogen-bond donors (Lipinski definition) is 2. The van der Waals surface area contributed by atoms with Crippen molar-refractivity contribution < 1.29 is 9.53 Å². The second-order valence-electron chi connectivity index (χ2n) is 6.93. The highest BCUT2D eigenvalue weighted by Crippen LogP contribution is 2.21. The summed E-state index contributed by atoms with van der Waals surface area (Å²) >= 11 is 0. The molecule has 5 nitrogen and oxygen atoms in total. The van der Waals surface area contributed by atoms with E-state index in [1.165, 1.54) is 0 Å². The number of esters is 1. The van der Waals surface area contributed by atoms with Gasteiger partial charge < -0.3 is 15.4 Å². The van der Waals surface area contributed by atoms with Gasteiger partial charge in [0.15, 0.2) is 5.96 Å². The lowest BCUT2D eigenvalue weighted by molar-refractivity contribution is -0.147. The van der Waals surface area contributed by atoms with Gasteiger partial charge in [-0.15, -0.1) is 0 Å². The highest BCUT2D eigenvalue weighted by atomic mass is 16.5. The van der Waals surface area contributed by atoms with Crippen LogP contribution in [0.4, 0.5) is 0 Å². The highest BCUT2D eigenvalue weighted by Gasteiger charge is 2.13. The zero-order valence-corrected chi connectivity index (χ0v) is 14.7. The van der Waals surface area contributed by atoms with Gasteiger partial charge in [-0.2, -0.15) is 0 Å². The number of nitrogens with one attached hydrogen (secondary N) is 2. The molecule has 0 aliphatic rings. The predicted octanol–water partition coefficient (Wildman–Crippen LogP) is 2.71. The van der Waals surface area contributed by atoms with E-state index in [4.69, 9.17) is 4.74 Å². The standard InChI is InChI=1S/C16H33N3O2/c1-12(2)21-14(20)9-11-18-15(17-7)19-13(3)8-10-16(4,5)6/h12-13H,8-11H2,1-7H3,(H2,17,18,19). The fraction of sp³-hybridized carbons (Fsp3) is 0.875. The first-order valence-corrected chi connectivity index (χ1v) is 7.80. The lowest BCUT2D eigenvalue weighted by Crippen LogP contribution is -2.43. The molecule has 0 amide bonds. The van der Waals surface area contributed by atoms with Crippen molar-refractivity contribution >= 4 is 11.9 Å². The van der Waals surface area contributed by atoms with Crippen molar-refractivity contribution in [2.24, 2.45) is 10.4 Å². The summed E-state index contributed by atoms with van der Waals surface area (Å²) in [5.74, 6) is 0.544. The minimum absolute atomic E-state index is 0.0626. The van der Waals surface area contributed by atoms with Crippen molar-refractivity contribution in [1.29, 1.82) is 0 Å². The Morgan fingerprint density at radius 1 is 1.24 bits per heavy atom. The van der Waals surface area contributed by atoms with Crippen LogP contribution in [0.5, 0.6) is 0 Å². The van der Waals surface area contributed by atoms with E-state index in [-0.39, 0.29) is 12.1 Å². The molecule has 0 aromatic carbocycles. The van der Waals surface area contributed by atoms with Crippen LogP contribution in [0.1, 0.15) is 60.8 Å². The number of ether oxygens (including phenoxy) is 1. The molecule has 0 radical (unpaired) electrons. The summed E-state index contributed by atoms with van der Waals surface area (Å²) in [7, 11) is 1.73. The molecule has 0 rings (SSSR count). The largest absolute Gasteiger partial charge is 0.463 e. The summed E-state index contributed by atoms with van der Waals surface area (Å²) < 4.78 is 5.08. The summed E-state index contributed by atoms with van der Waals surface area (Å²) in [4.78, 5) is 15.6. The number of guanidine groups is 1. The van der Waals surface area contributed by atoms with Gasteiger partial charge >= 0.3 is 5.97 Å². The number of aliphatic imine (C=N–C) groups is 1. The van der Waals surface area contributed by atoms with Gasteiger partial charge in [-0.1, -0.05) is 20.8 Å². The molecule has 0 saturated heterocycles. The quantitative estimate of drug-likeness (QED) is 0.431. The Morgan fingerprint density at radius 2 is 1.86 bits per heavy atom. The van der Waals surface area contributed by atoms with E-state index < -0.39 is 0 Å². The van der Waals surface area contributed by atoms with Crippen LogP contribution >= 0.6 is 0 Å². The van der Waals surface area contributed by atoms with Crippen LogP contribution in [0.3, 0.4) is 0 Å². The normalized spacial score (nSPS) is 14.0. The number of rotatable bonds is 7. The van der Waals surface area contributed by atoms with Gasteiger partial charge in [0.1, 0.15) is 0 Å². The van der Waals surface area contributed by atoms with Crippen LogP contribution in [0, 0.1) is 5.41 Å². The average molecular weight is 299 g/mol. The lowest BCUT2D eigenvalue weighted by atomic mass is 9.89. The monoisotopic (exact) mass is 299 g/mol. The maximum Gasteiger partial charge on any atom is 0.307 e. The first-order chi connectivity index (χ1) is 9.64. The first-order valence-electron chi connectivity index (χ1n) is 7.80. The van der Waals surface area contributed by atoms with Crippen molar-refractivity contribution in [3.63, 3.8) is 0 Å². The molecule has 124 valence electrons. The smallest absolute Gasteiger partial charge is 0.307 e. The van der Waals surface area contributed by atoms with Crippen LogP contribution in [-0.2, 0) is 9.53 Å². The van der Waals surface area contributed by atoms with Crippen LogP contribution in [0.25, 0.3) is 0 Å². The van der Waals surface area contributed by atoms with Gasteiger partial charge in [-0.3, -0.25) is 9.79 Å². The third-order valence-corrected chi connectivity index (χ3v) is 2.92. The van der Waals surface area contributed by atoms with E-state index >= 15 is 0 Å². The minimum atomic E-state index is -0.186. The fourth-order valence-electron chi connectivity index (χ4n) is 1.75. The van der Waals surface area contributed by atoms with Gasteiger partial charge in [0, 0.05) is 19.6 Å². The zero-order valence-electron chi connectivity index (χ0n) is 14.7. The summed E-state index contributed by atoms with van der Waals surface area (Å²) in [6, 6.07) is 0.345. The Bertz CT molecular complexity index is 333. The van der Waals surface area contributed by atoms with Gasteiger partial charge in [-0.25, -0.2) is 0 Å². The Morgan fingerprint density at radius 3 is 2.33 bits per heavy atom. The second-order valence-corrected chi connectivity index (χ2v) is 6.93. The van der Waals surface area contributed by atoms with Crippen molar-refractivity contribution in [2.75, 3.05) is 13.6 Å². The summed E-state index contributed by atoms with van der Waals surface area (Å²) in [6.45, 7) is 13.1. The van der Waals surface area contributed by atoms with Crippen molar-refractivity contribution in [3.8, 4) is 0 Å².